The van der Waals surface area contributed by atoms with Crippen molar-refractivity contribution in [2.75, 3.05) is 26.3 Å². The number of likely N-dealkylation sites (tertiary alicyclic amines) is 1. The van der Waals surface area contributed by atoms with Crippen LogP contribution >= 0.6 is 0 Å². The van der Waals surface area contributed by atoms with Gasteiger partial charge in [0.05, 0.1) is 12.5 Å². The number of amidine groups is 1. The second kappa shape index (κ2) is 6.04. The summed E-state index contributed by atoms with van der Waals surface area (Å²) in [7, 11) is 0. The van der Waals surface area contributed by atoms with Crippen molar-refractivity contribution in [3.05, 3.63) is 0 Å². The highest BCUT2D eigenvalue weighted by Gasteiger charge is 2.30. The van der Waals surface area contributed by atoms with Gasteiger partial charge in [-0.2, -0.15) is 0 Å². The normalized spacial score (nSPS) is 27.2. The quantitative estimate of drug-likeness (QED) is 0.323. The van der Waals surface area contributed by atoms with Crippen LogP contribution in [0.1, 0.15) is 25.7 Å². The Labute approximate surface area is 107 Å². The first kappa shape index (κ1) is 13.1. The predicted octanol–water partition coefficient (Wildman–Crippen LogP) is 0.398. The van der Waals surface area contributed by atoms with Crippen LogP contribution in [0.5, 0.6) is 0 Å². The van der Waals surface area contributed by atoms with Crippen molar-refractivity contribution in [2.24, 2.45) is 22.7 Å². The summed E-state index contributed by atoms with van der Waals surface area (Å²) in [5, 5.41) is 11.7. The van der Waals surface area contributed by atoms with Crippen molar-refractivity contribution in [3.8, 4) is 0 Å². The van der Waals surface area contributed by atoms with Crippen LogP contribution in [0.15, 0.2) is 5.16 Å². The van der Waals surface area contributed by atoms with Crippen molar-refractivity contribution in [2.45, 2.75) is 25.7 Å². The maximum atomic E-state index is 12.2. The minimum atomic E-state index is 0.0270. The molecule has 0 aliphatic carbocycles. The van der Waals surface area contributed by atoms with Gasteiger partial charge >= 0.3 is 0 Å². The van der Waals surface area contributed by atoms with Crippen molar-refractivity contribution >= 4 is 11.7 Å². The molecule has 1 atom stereocenters. The number of ether oxygens (including phenoxy) is 1. The van der Waals surface area contributed by atoms with Crippen molar-refractivity contribution in [3.63, 3.8) is 0 Å². The number of amides is 1. The molecule has 1 unspecified atom stereocenters. The lowest BCUT2D eigenvalue weighted by molar-refractivity contribution is -0.140. The molecule has 2 aliphatic heterocycles. The summed E-state index contributed by atoms with van der Waals surface area (Å²) in [4.78, 5) is 14.1. The fraction of sp³-hybridized carbons (Fsp3) is 0.833. The minimum Gasteiger partial charge on any atom is -0.409 e. The van der Waals surface area contributed by atoms with Crippen molar-refractivity contribution < 1.29 is 14.7 Å². The van der Waals surface area contributed by atoms with E-state index < -0.39 is 0 Å². The van der Waals surface area contributed by atoms with E-state index in [1.54, 1.807) is 0 Å². The van der Waals surface area contributed by atoms with Gasteiger partial charge in [0.2, 0.25) is 5.91 Å². The Morgan fingerprint density at radius 3 is 2.56 bits per heavy atom. The van der Waals surface area contributed by atoms with Gasteiger partial charge in [-0.25, -0.2) is 0 Å². The second-order valence-electron chi connectivity index (χ2n) is 5.04. The van der Waals surface area contributed by atoms with E-state index in [9.17, 15) is 4.79 Å². The van der Waals surface area contributed by atoms with Crippen molar-refractivity contribution in [1.82, 2.24) is 4.90 Å². The van der Waals surface area contributed by atoms with Gasteiger partial charge in [-0.3, -0.25) is 4.79 Å². The van der Waals surface area contributed by atoms with Crippen LogP contribution in [0.25, 0.3) is 0 Å². The van der Waals surface area contributed by atoms with Gasteiger partial charge < -0.3 is 20.6 Å². The van der Waals surface area contributed by atoms with E-state index in [1.807, 2.05) is 4.90 Å². The molecule has 2 aliphatic rings. The molecular formula is C12H21N3O3. The number of nitrogens with two attached hydrogens (primary N) is 1. The fourth-order valence-corrected chi connectivity index (χ4v) is 2.67. The van der Waals surface area contributed by atoms with E-state index in [2.05, 4.69) is 5.16 Å². The van der Waals surface area contributed by atoms with Crippen LogP contribution in [0.3, 0.4) is 0 Å². The molecule has 2 rings (SSSR count). The Bertz CT molecular complexity index is 319. The topological polar surface area (TPSA) is 88.2 Å². The molecular weight excluding hydrogens is 234 g/mol. The number of carbonyl (C=O) groups is 1. The zero-order chi connectivity index (χ0) is 13.0. The fourth-order valence-electron chi connectivity index (χ4n) is 2.67. The van der Waals surface area contributed by atoms with Gasteiger partial charge in [0.15, 0.2) is 0 Å². The molecule has 2 saturated heterocycles. The molecule has 0 saturated carbocycles. The third-order valence-corrected chi connectivity index (χ3v) is 3.85. The molecule has 6 nitrogen and oxygen atoms in total. The van der Waals surface area contributed by atoms with Gasteiger partial charge in [-0.15, -0.1) is 0 Å². The Morgan fingerprint density at radius 1 is 1.28 bits per heavy atom. The van der Waals surface area contributed by atoms with Crippen LogP contribution in [-0.2, 0) is 9.53 Å². The third-order valence-electron chi connectivity index (χ3n) is 3.85. The molecule has 1 amide bonds. The average molecular weight is 255 g/mol. The highest BCUT2D eigenvalue weighted by molar-refractivity contribution is 5.83. The molecule has 3 N–H and O–H groups in total. The predicted molar refractivity (Wildman–Crippen MR) is 66.3 cm³/mol. The van der Waals surface area contributed by atoms with E-state index >= 15 is 0 Å². The first-order chi connectivity index (χ1) is 8.72. The van der Waals surface area contributed by atoms with Gasteiger partial charge in [-0.05, 0) is 25.7 Å². The van der Waals surface area contributed by atoms with E-state index in [4.69, 9.17) is 15.7 Å². The van der Waals surface area contributed by atoms with E-state index in [-0.39, 0.29) is 23.6 Å². The van der Waals surface area contributed by atoms with Crippen LogP contribution < -0.4 is 5.73 Å². The van der Waals surface area contributed by atoms with Gasteiger partial charge in [0, 0.05) is 25.6 Å². The van der Waals surface area contributed by atoms with Gasteiger partial charge in [0.25, 0.3) is 0 Å². The second-order valence-corrected chi connectivity index (χ2v) is 5.04. The zero-order valence-corrected chi connectivity index (χ0v) is 10.5. The summed E-state index contributed by atoms with van der Waals surface area (Å²) < 4.78 is 5.35. The summed E-state index contributed by atoms with van der Waals surface area (Å²) >= 11 is 0. The summed E-state index contributed by atoms with van der Waals surface area (Å²) in [6.07, 6.45) is 3.44. The lowest BCUT2D eigenvalue weighted by Gasteiger charge is -2.34. The summed E-state index contributed by atoms with van der Waals surface area (Å²) in [6.45, 7) is 2.71. The van der Waals surface area contributed by atoms with E-state index in [0.29, 0.717) is 19.7 Å². The van der Waals surface area contributed by atoms with Crippen LogP contribution in [0.4, 0.5) is 0 Å². The summed E-state index contributed by atoms with van der Waals surface area (Å²) in [5.74, 6) is 0.608. The minimum absolute atomic E-state index is 0.0270. The van der Waals surface area contributed by atoms with E-state index in [1.165, 1.54) is 0 Å². The third kappa shape index (κ3) is 2.93. The zero-order valence-electron chi connectivity index (χ0n) is 10.5. The monoisotopic (exact) mass is 255 g/mol. The Hall–Kier alpha value is -1.30. The number of hydrogen-bond donors (Lipinski definition) is 2. The largest absolute Gasteiger partial charge is 0.409 e. The van der Waals surface area contributed by atoms with E-state index in [0.717, 1.165) is 32.3 Å². The lowest BCUT2D eigenvalue weighted by Crippen LogP contribution is -2.45. The molecule has 2 fully saturated rings. The van der Waals surface area contributed by atoms with Gasteiger partial charge in [-0.1, -0.05) is 5.16 Å². The van der Waals surface area contributed by atoms with Crippen molar-refractivity contribution in [1.29, 1.82) is 0 Å². The lowest BCUT2D eigenvalue weighted by atomic mass is 9.93. The number of hydrogen-bond acceptors (Lipinski definition) is 4. The first-order valence-electron chi connectivity index (χ1n) is 6.56. The smallest absolute Gasteiger partial charge is 0.228 e. The standard InChI is InChI=1S/C12H21N3O3/c13-11(14-17)9-3-5-15(6-4-9)12(16)10-2-1-7-18-8-10/h9-10,17H,1-8H2,(H2,13,14). The molecule has 0 aromatic carbocycles. The highest BCUT2D eigenvalue weighted by atomic mass is 16.5. The molecule has 0 aromatic heterocycles. The molecule has 0 radical (unpaired) electrons. The highest BCUT2D eigenvalue weighted by Crippen LogP contribution is 2.22. The Morgan fingerprint density at radius 2 is 2.00 bits per heavy atom. The maximum Gasteiger partial charge on any atom is 0.228 e. The number of carbonyl (C=O) groups excluding carboxylic acids is 1. The number of rotatable bonds is 2. The first-order valence-corrected chi connectivity index (χ1v) is 6.56. The molecule has 102 valence electrons. The number of piperidine rings is 1. The number of oxime groups is 1. The van der Waals surface area contributed by atoms with Crippen LogP contribution in [0.2, 0.25) is 0 Å². The maximum absolute atomic E-state index is 12.2. The van der Waals surface area contributed by atoms with Crippen LogP contribution in [0, 0.1) is 11.8 Å². The molecule has 0 spiro atoms. The summed E-state index contributed by atoms with van der Waals surface area (Å²) in [5.41, 5.74) is 5.59. The Kier molecular flexibility index (Phi) is 4.41. The molecule has 6 heteroatoms. The van der Waals surface area contributed by atoms with Gasteiger partial charge in [0.1, 0.15) is 5.84 Å². The SMILES string of the molecule is NC(=NO)C1CCN(C(=O)C2CCCOC2)CC1. The molecule has 2 heterocycles. The molecule has 18 heavy (non-hydrogen) atoms. The Balaban J connectivity index is 1.83. The molecule has 0 bridgehead atoms. The summed E-state index contributed by atoms with van der Waals surface area (Å²) in [6, 6.07) is 0. The van der Waals surface area contributed by atoms with Crippen LogP contribution in [-0.4, -0.2) is 48.2 Å². The average Bonchev–Trinajstić information content (AvgIpc) is 2.47. The number of nitrogens with zero attached hydrogens (tertiary/aromatic N) is 2. The molecule has 0 aromatic rings.